The Morgan fingerprint density at radius 3 is 2.46 bits per heavy atom. The van der Waals surface area contributed by atoms with Gasteiger partial charge in [0, 0.05) is 23.2 Å². The van der Waals surface area contributed by atoms with Gasteiger partial charge in [-0.1, -0.05) is 0 Å². The molecule has 2 aliphatic rings. The Bertz CT molecular complexity index is 962. The molecule has 4 nitrogen and oxygen atoms in total. The van der Waals surface area contributed by atoms with Crippen molar-refractivity contribution in [2.75, 3.05) is 5.32 Å². The molecule has 5 heteroatoms. The molecule has 0 bridgehead atoms. The van der Waals surface area contributed by atoms with Gasteiger partial charge in [-0.05, 0) is 79.9 Å². The number of aryl methyl sites for hydroxylation is 1. The summed E-state index contributed by atoms with van der Waals surface area (Å²) in [5.74, 6) is 1.29. The van der Waals surface area contributed by atoms with Gasteiger partial charge in [0.1, 0.15) is 0 Å². The van der Waals surface area contributed by atoms with Crippen molar-refractivity contribution in [1.29, 1.82) is 0 Å². The van der Waals surface area contributed by atoms with Crippen LogP contribution in [0.4, 0.5) is 5.69 Å². The zero-order valence-electron chi connectivity index (χ0n) is 14.7. The van der Waals surface area contributed by atoms with Crippen LogP contribution in [0.5, 0.6) is 0 Å². The second-order valence-electron chi connectivity index (χ2n) is 7.39. The van der Waals surface area contributed by atoms with Gasteiger partial charge < -0.3 is 5.32 Å². The smallest absolute Gasteiger partial charge is 0.265 e. The molecule has 0 spiro atoms. The van der Waals surface area contributed by atoms with Crippen LogP contribution in [-0.2, 0) is 0 Å². The average Bonchev–Trinajstić information content (AvgIpc) is 3.58. The normalized spacial score (nSPS) is 16.7. The van der Waals surface area contributed by atoms with E-state index in [4.69, 9.17) is 5.10 Å². The fourth-order valence-corrected chi connectivity index (χ4v) is 4.17. The molecule has 2 fully saturated rings. The molecule has 2 saturated carbocycles. The van der Waals surface area contributed by atoms with Crippen molar-refractivity contribution in [1.82, 2.24) is 9.78 Å². The highest BCUT2D eigenvalue weighted by molar-refractivity contribution is 7.12. The second kappa shape index (κ2) is 6.09. The van der Waals surface area contributed by atoms with Gasteiger partial charge >= 0.3 is 0 Å². The van der Waals surface area contributed by atoms with E-state index in [0.717, 1.165) is 21.8 Å². The van der Waals surface area contributed by atoms with Crippen molar-refractivity contribution in [3.63, 3.8) is 0 Å². The predicted molar refractivity (Wildman–Crippen MR) is 105 cm³/mol. The Morgan fingerprint density at radius 1 is 1.12 bits per heavy atom. The predicted octanol–water partition coefficient (Wildman–Crippen LogP) is 5.25. The van der Waals surface area contributed by atoms with E-state index >= 15 is 0 Å². The summed E-state index contributed by atoms with van der Waals surface area (Å²) in [5.41, 5.74) is 5.50. The summed E-state index contributed by atoms with van der Waals surface area (Å²) >= 11 is 1.47. The number of amides is 1. The van der Waals surface area contributed by atoms with Gasteiger partial charge in [-0.2, -0.15) is 5.10 Å². The number of rotatable bonds is 5. The number of thiophene rings is 1. The number of nitrogens with one attached hydrogen (secondary N) is 1. The van der Waals surface area contributed by atoms with Gasteiger partial charge in [-0.25, -0.2) is 4.68 Å². The number of hydrogen-bond donors (Lipinski definition) is 1. The molecule has 1 N–H and O–H groups in total. The Labute approximate surface area is 156 Å². The van der Waals surface area contributed by atoms with Gasteiger partial charge in [0.05, 0.1) is 16.3 Å². The molecule has 0 radical (unpaired) electrons. The number of benzene rings is 1. The molecular weight excluding hydrogens is 342 g/mol. The van der Waals surface area contributed by atoms with E-state index in [1.165, 1.54) is 48.4 Å². The van der Waals surface area contributed by atoms with Crippen molar-refractivity contribution in [2.24, 2.45) is 0 Å². The summed E-state index contributed by atoms with van der Waals surface area (Å²) in [6.45, 7) is 1.96. The number of nitrogens with zero attached hydrogens (tertiary/aromatic N) is 2. The van der Waals surface area contributed by atoms with Crippen LogP contribution < -0.4 is 5.32 Å². The zero-order valence-corrected chi connectivity index (χ0v) is 15.6. The van der Waals surface area contributed by atoms with Crippen LogP contribution in [0.1, 0.15) is 64.1 Å². The highest BCUT2D eigenvalue weighted by atomic mass is 32.1. The number of carbonyl (C=O) groups is 1. The summed E-state index contributed by atoms with van der Waals surface area (Å²) in [7, 11) is 0. The summed E-state index contributed by atoms with van der Waals surface area (Å²) in [4.78, 5) is 13.1. The lowest BCUT2D eigenvalue weighted by Gasteiger charge is -2.09. The third-order valence-electron chi connectivity index (χ3n) is 5.19. The zero-order chi connectivity index (χ0) is 17.7. The minimum absolute atomic E-state index is 0.0426. The molecule has 0 saturated heterocycles. The van der Waals surface area contributed by atoms with Crippen LogP contribution in [0.25, 0.3) is 5.69 Å². The van der Waals surface area contributed by atoms with E-state index in [9.17, 15) is 4.79 Å². The van der Waals surface area contributed by atoms with Gasteiger partial charge in [-0.15, -0.1) is 11.3 Å². The lowest BCUT2D eigenvalue weighted by atomic mass is 10.2. The molecule has 132 valence electrons. The Morgan fingerprint density at radius 2 is 1.85 bits per heavy atom. The van der Waals surface area contributed by atoms with Crippen molar-refractivity contribution in [3.05, 3.63) is 63.6 Å². The van der Waals surface area contributed by atoms with E-state index in [-0.39, 0.29) is 5.91 Å². The van der Waals surface area contributed by atoms with Crippen LogP contribution in [0.15, 0.2) is 41.8 Å². The molecule has 2 heterocycles. The van der Waals surface area contributed by atoms with E-state index in [1.54, 1.807) is 0 Å². The van der Waals surface area contributed by atoms with Crippen LogP contribution in [0.3, 0.4) is 0 Å². The van der Waals surface area contributed by atoms with Crippen LogP contribution in [0, 0.1) is 6.92 Å². The van der Waals surface area contributed by atoms with Gasteiger partial charge in [0.15, 0.2) is 0 Å². The van der Waals surface area contributed by atoms with Crippen LogP contribution in [-0.4, -0.2) is 15.7 Å². The SMILES string of the molecule is Cc1ccsc1C(=O)Nc1ccc(-n2nc(C3CC3)cc2C2CC2)cc1. The molecule has 3 aromatic rings. The van der Waals surface area contributed by atoms with Crippen molar-refractivity contribution < 1.29 is 4.79 Å². The molecule has 0 atom stereocenters. The summed E-state index contributed by atoms with van der Waals surface area (Å²) < 4.78 is 2.11. The Balaban J connectivity index is 1.38. The Kier molecular flexibility index (Phi) is 3.71. The van der Waals surface area contributed by atoms with Crippen LogP contribution >= 0.6 is 11.3 Å². The first-order chi connectivity index (χ1) is 12.7. The van der Waals surface area contributed by atoms with Crippen LogP contribution in [0.2, 0.25) is 0 Å². The summed E-state index contributed by atoms with van der Waals surface area (Å²) in [6, 6.07) is 12.3. The van der Waals surface area contributed by atoms with Gasteiger partial charge in [-0.3, -0.25) is 4.79 Å². The van der Waals surface area contributed by atoms with E-state index in [0.29, 0.717) is 11.8 Å². The molecule has 1 amide bonds. The topological polar surface area (TPSA) is 46.9 Å². The lowest BCUT2D eigenvalue weighted by Crippen LogP contribution is -2.11. The lowest BCUT2D eigenvalue weighted by molar-refractivity contribution is 0.103. The fraction of sp³-hybridized carbons (Fsp3) is 0.333. The largest absolute Gasteiger partial charge is 0.321 e. The highest BCUT2D eigenvalue weighted by Crippen LogP contribution is 2.45. The average molecular weight is 363 g/mol. The second-order valence-corrected chi connectivity index (χ2v) is 8.30. The van der Waals surface area contributed by atoms with Crippen molar-refractivity contribution in [3.8, 4) is 5.69 Å². The van der Waals surface area contributed by atoms with Gasteiger partial charge in [0.2, 0.25) is 0 Å². The molecule has 5 rings (SSSR count). The van der Waals surface area contributed by atoms with Crippen molar-refractivity contribution in [2.45, 2.75) is 44.4 Å². The van der Waals surface area contributed by atoms with E-state index in [1.807, 2.05) is 42.6 Å². The first-order valence-corrected chi connectivity index (χ1v) is 10.1. The molecule has 2 aliphatic carbocycles. The minimum Gasteiger partial charge on any atom is -0.321 e. The van der Waals surface area contributed by atoms with Crippen molar-refractivity contribution >= 4 is 22.9 Å². The molecule has 2 aromatic heterocycles. The number of anilines is 1. The minimum atomic E-state index is -0.0426. The molecule has 0 unspecified atom stereocenters. The third-order valence-corrected chi connectivity index (χ3v) is 6.20. The van der Waals surface area contributed by atoms with Gasteiger partial charge in [0.25, 0.3) is 5.91 Å². The Hall–Kier alpha value is -2.40. The maximum Gasteiger partial charge on any atom is 0.265 e. The summed E-state index contributed by atoms with van der Waals surface area (Å²) in [6.07, 6.45) is 5.08. The number of hydrogen-bond acceptors (Lipinski definition) is 3. The van der Waals surface area contributed by atoms with E-state index in [2.05, 4.69) is 16.1 Å². The molecule has 0 aliphatic heterocycles. The maximum atomic E-state index is 12.4. The molecule has 1 aromatic carbocycles. The molecular formula is C21H21N3OS. The maximum absolute atomic E-state index is 12.4. The highest BCUT2D eigenvalue weighted by Gasteiger charge is 2.32. The monoisotopic (exact) mass is 363 g/mol. The fourth-order valence-electron chi connectivity index (χ4n) is 3.35. The molecule has 26 heavy (non-hydrogen) atoms. The van der Waals surface area contributed by atoms with E-state index < -0.39 is 0 Å². The number of aromatic nitrogens is 2. The number of carbonyl (C=O) groups excluding carboxylic acids is 1. The quantitative estimate of drug-likeness (QED) is 0.673. The first-order valence-electron chi connectivity index (χ1n) is 9.25. The third kappa shape index (κ3) is 2.97. The first kappa shape index (κ1) is 15.8. The standard InChI is InChI=1S/C21H21N3OS/c1-13-10-11-26-20(13)21(25)22-16-6-8-17(9-7-16)24-19(15-4-5-15)12-18(23-24)14-2-3-14/h6-12,14-15H,2-5H2,1H3,(H,22,25). The summed E-state index contributed by atoms with van der Waals surface area (Å²) in [5, 5.41) is 9.81.